The van der Waals surface area contributed by atoms with Gasteiger partial charge in [-0.05, 0) is 37.1 Å². The molecular weight excluding hydrogens is 478 g/mol. The Morgan fingerprint density at radius 3 is 2.52 bits per heavy atom. The molecule has 1 saturated heterocycles. The topological polar surface area (TPSA) is 95.6 Å². The van der Waals surface area contributed by atoms with Crippen LogP contribution in [0, 0.1) is 6.92 Å². The number of amides is 2. The van der Waals surface area contributed by atoms with Crippen LogP contribution in [0.4, 0.5) is 0 Å². The highest BCUT2D eigenvalue weighted by molar-refractivity contribution is 8.26. The summed E-state index contributed by atoms with van der Waals surface area (Å²) in [5.74, 6) is -0.708. The van der Waals surface area contributed by atoms with E-state index < -0.39 is 15.9 Å². The first-order valence-electron chi connectivity index (χ1n) is 10.1. The molecule has 33 heavy (non-hydrogen) atoms. The van der Waals surface area contributed by atoms with Gasteiger partial charge in [0, 0.05) is 13.0 Å². The molecule has 0 aromatic heterocycles. The molecule has 10 heteroatoms. The first-order valence-corrected chi connectivity index (χ1v) is 12.8. The van der Waals surface area contributed by atoms with Crippen LogP contribution in [0.25, 0.3) is 6.08 Å². The van der Waals surface area contributed by atoms with E-state index in [1.165, 1.54) is 28.8 Å². The molecule has 1 heterocycles. The van der Waals surface area contributed by atoms with Gasteiger partial charge in [0.05, 0.1) is 9.80 Å². The maximum Gasteiger partial charge on any atom is 0.266 e. The van der Waals surface area contributed by atoms with Crippen LogP contribution in [0.2, 0.25) is 0 Å². The monoisotopic (exact) mass is 501 g/mol. The molecule has 2 aromatic rings. The molecule has 0 saturated carbocycles. The van der Waals surface area contributed by atoms with Crippen molar-refractivity contribution in [2.45, 2.75) is 24.7 Å². The summed E-state index contributed by atoms with van der Waals surface area (Å²) in [5.41, 5.74) is 4.15. The molecule has 0 bridgehead atoms. The maximum atomic E-state index is 12.6. The Morgan fingerprint density at radius 1 is 1.12 bits per heavy atom. The number of thiocarbonyl (C=S) groups is 1. The molecule has 0 aliphatic carbocycles. The van der Waals surface area contributed by atoms with Gasteiger partial charge in [0.15, 0.2) is 0 Å². The van der Waals surface area contributed by atoms with Gasteiger partial charge in [-0.2, -0.15) is 0 Å². The molecule has 2 aromatic carbocycles. The summed E-state index contributed by atoms with van der Waals surface area (Å²) < 4.78 is 24.9. The van der Waals surface area contributed by atoms with Gasteiger partial charge < -0.3 is 0 Å². The number of nitrogens with one attached hydrogen (secondary N) is 2. The Morgan fingerprint density at radius 2 is 1.82 bits per heavy atom. The van der Waals surface area contributed by atoms with E-state index in [-0.39, 0.29) is 23.8 Å². The standard InChI is InChI=1S/C23H23N3O4S3/c1-17-12-14-19(15-13-17)33(29,30)25-24-21(27)11-6-16-26-22(28)20(32-23(26)31)10-5-9-18-7-3-2-4-8-18/h2-5,7-10,12-15,25H,6,11,16H2,1H3,(H,24,27). The van der Waals surface area contributed by atoms with E-state index in [1.807, 2.05) is 43.3 Å². The van der Waals surface area contributed by atoms with Crippen LogP contribution >= 0.6 is 24.0 Å². The van der Waals surface area contributed by atoms with Crippen molar-refractivity contribution < 1.29 is 18.0 Å². The number of hydrazine groups is 1. The van der Waals surface area contributed by atoms with Crippen molar-refractivity contribution in [3.8, 4) is 0 Å². The van der Waals surface area contributed by atoms with E-state index >= 15 is 0 Å². The second-order valence-corrected chi connectivity index (χ2v) is 10.6. The maximum absolute atomic E-state index is 12.6. The Kier molecular flexibility index (Phi) is 8.56. The van der Waals surface area contributed by atoms with Crippen molar-refractivity contribution in [2.75, 3.05) is 6.54 Å². The third-order valence-electron chi connectivity index (χ3n) is 4.65. The minimum atomic E-state index is -3.85. The number of hydrogen-bond acceptors (Lipinski definition) is 6. The number of benzene rings is 2. The second kappa shape index (κ2) is 11.4. The van der Waals surface area contributed by atoms with E-state index in [9.17, 15) is 18.0 Å². The molecular formula is C23H23N3O4S3. The van der Waals surface area contributed by atoms with Gasteiger partial charge in [-0.3, -0.25) is 19.9 Å². The molecule has 0 spiro atoms. The van der Waals surface area contributed by atoms with Gasteiger partial charge in [-0.15, -0.1) is 4.83 Å². The molecule has 0 atom stereocenters. The van der Waals surface area contributed by atoms with Crippen LogP contribution in [-0.2, 0) is 19.6 Å². The lowest BCUT2D eigenvalue weighted by atomic mass is 10.2. The molecule has 1 aliphatic rings. The first-order chi connectivity index (χ1) is 15.8. The largest absolute Gasteiger partial charge is 0.293 e. The number of sulfonamides is 1. The Balaban J connectivity index is 1.46. The Bertz CT molecular complexity index is 1190. The van der Waals surface area contributed by atoms with Crippen molar-refractivity contribution in [3.63, 3.8) is 0 Å². The lowest BCUT2D eigenvalue weighted by Gasteiger charge is -2.14. The SMILES string of the molecule is Cc1ccc(S(=O)(=O)NNC(=O)CCCN2C(=O)C(=CC=Cc3ccccc3)SC2=S)cc1. The molecule has 3 rings (SSSR count). The second-order valence-electron chi connectivity index (χ2n) is 7.20. The van der Waals surface area contributed by atoms with Crippen LogP contribution in [-0.4, -0.2) is 36.0 Å². The number of thioether (sulfide) groups is 1. The molecule has 7 nitrogen and oxygen atoms in total. The van der Waals surface area contributed by atoms with Crippen molar-refractivity contribution in [2.24, 2.45) is 0 Å². The summed E-state index contributed by atoms with van der Waals surface area (Å²) in [5, 5.41) is 0. The molecule has 2 amide bonds. The van der Waals surface area contributed by atoms with Crippen molar-refractivity contribution >= 4 is 56.2 Å². The zero-order valence-electron chi connectivity index (χ0n) is 17.9. The minimum absolute atomic E-state index is 0.0282. The zero-order valence-corrected chi connectivity index (χ0v) is 20.3. The summed E-state index contributed by atoms with van der Waals surface area (Å²) >= 11 is 6.51. The number of carbonyl (C=O) groups excluding carboxylic acids is 2. The van der Waals surface area contributed by atoms with E-state index in [2.05, 4.69) is 10.3 Å². The van der Waals surface area contributed by atoms with Crippen LogP contribution in [0.5, 0.6) is 0 Å². The summed E-state index contributed by atoms with van der Waals surface area (Å²) in [7, 11) is -3.85. The lowest BCUT2D eigenvalue weighted by Crippen LogP contribution is -2.41. The quantitative estimate of drug-likeness (QED) is 0.310. The molecule has 172 valence electrons. The van der Waals surface area contributed by atoms with E-state index in [0.717, 1.165) is 11.1 Å². The van der Waals surface area contributed by atoms with Crippen molar-refractivity contribution in [1.82, 2.24) is 15.2 Å². The predicted molar refractivity (Wildman–Crippen MR) is 134 cm³/mol. The Hall–Kier alpha value is -2.79. The third-order valence-corrected chi connectivity index (χ3v) is 7.31. The first kappa shape index (κ1) is 24.8. The van der Waals surface area contributed by atoms with Gasteiger partial charge >= 0.3 is 0 Å². The number of allylic oxidation sites excluding steroid dienone is 2. The summed E-state index contributed by atoms with van der Waals surface area (Å²) in [4.78, 5) is 28.7. The smallest absolute Gasteiger partial charge is 0.266 e. The normalized spacial score (nSPS) is 15.5. The average Bonchev–Trinajstić information content (AvgIpc) is 3.06. The fraction of sp³-hybridized carbons (Fsp3) is 0.174. The number of aryl methyl sites for hydroxylation is 1. The van der Waals surface area contributed by atoms with Crippen LogP contribution in [0.1, 0.15) is 24.0 Å². The number of carbonyl (C=O) groups is 2. The van der Waals surface area contributed by atoms with Crippen molar-refractivity contribution in [3.05, 3.63) is 82.8 Å². The van der Waals surface area contributed by atoms with Gasteiger partial charge in [-0.1, -0.05) is 84.2 Å². The van der Waals surface area contributed by atoms with Gasteiger partial charge in [0.25, 0.3) is 15.9 Å². The summed E-state index contributed by atoms with van der Waals surface area (Å²) in [6, 6.07) is 16.0. The van der Waals surface area contributed by atoms with Gasteiger partial charge in [-0.25, -0.2) is 8.42 Å². The van der Waals surface area contributed by atoms with Gasteiger partial charge in [0.2, 0.25) is 5.91 Å². The fourth-order valence-corrected chi connectivity index (χ4v) is 5.00. The lowest BCUT2D eigenvalue weighted by molar-refractivity contribution is -0.124. The number of hydrogen-bond donors (Lipinski definition) is 2. The van der Waals surface area contributed by atoms with Crippen LogP contribution in [0.15, 0.2) is 76.5 Å². The fourth-order valence-electron chi connectivity index (χ4n) is 2.88. The Labute approximate surface area is 203 Å². The predicted octanol–water partition coefficient (Wildman–Crippen LogP) is 3.54. The van der Waals surface area contributed by atoms with Crippen LogP contribution in [0.3, 0.4) is 0 Å². The van der Waals surface area contributed by atoms with Gasteiger partial charge in [0.1, 0.15) is 4.32 Å². The zero-order chi connectivity index (χ0) is 23.8. The van der Waals surface area contributed by atoms with E-state index in [1.54, 1.807) is 24.3 Å². The summed E-state index contributed by atoms with van der Waals surface area (Å²) in [6.07, 6.45) is 5.78. The molecule has 1 aliphatic heterocycles. The number of rotatable bonds is 9. The van der Waals surface area contributed by atoms with E-state index in [4.69, 9.17) is 12.2 Å². The molecule has 2 N–H and O–H groups in total. The minimum Gasteiger partial charge on any atom is -0.293 e. The average molecular weight is 502 g/mol. The summed E-state index contributed by atoms with van der Waals surface area (Å²) in [6.45, 7) is 2.11. The highest BCUT2D eigenvalue weighted by Gasteiger charge is 2.31. The molecule has 1 fully saturated rings. The van der Waals surface area contributed by atoms with E-state index in [0.29, 0.717) is 15.6 Å². The van der Waals surface area contributed by atoms with Crippen LogP contribution < -0.4 is 10.3 Å². The number of nitrogens with zero attached hydrogens (tertiary/aromatic N) is 1. The highest BCUT2D eigenvalue weighted by atomic mass is 32.2. The molecule has 0 radical (unpaired) electrons. The molecule has 0 unspecified atom stereocenters. The third kappa shape index (κ3) is 7.10. The van der Waals surface area contributed by atoms with Crippen molar-refractivity contribution in [1.29, 1.82) is 0 Å². The highest BCUT2D eigenvalue weighted by Crippen LogP contribution is 2.31.